The first-order valence-corrected chi connectivity index (χ1v) is 25.7. The van der Waals surface area contributed by atoms with Crippen LogP contribution in [0.1, 0.15) is 285 Å². The molecule has 0 heterocycles. The van der Waals surface area contributed by atoms with Gasteiger partial charge in [-0.15, -0.1) is 0 Å². The molecule has 344 valence electrons. The molecule has 6 nitrogen and oxygen atoms in total. The van der Waals surface area contributed by atoms with E-state index in [9.17, 15) is 14.4 Å². The zero-order valence-corrected chi connectivity index (χ0v) is 39.7. The van der Waals surface area contributed by atoms with E-state index in [1.165, 1.54) is 173 Å². The molecule has 0 rings (SSSR count). The van der Waals surface area contributed by atoms with Crippen LogP contribution in [0.25, 0.3) is 0 Å². The van der Waals surface area contributed by atoms with Crippen molar-refractivity contribution in [1.82, 2.24) is 0 Å². The molecule has 58 heavy (non-hydrogen) atoms. The van der Waals surface area contributed by atoms with E-state index in [0.29, 0.717) is 19.3 Å². The molecular formula is C52H100O6. The Bertz CT molecular complexity index is 885. The molecule has 0 saturated heterocycles. The Labute approximate surface area is 361 Å². The van der Waals surface area contributed by atoms with E-state index in [1.54, 1.807) is 0 Å². The van der Waals surface area contributed by atoms with Gasteiger partial charge in [-0.1, -0.05) is 247 Å². The van der Waals surface area contributed by atoms with Crippen LogP contribution in [-0.4, -0.2) is 37.2 Å². The number of esters is 3. The first-order chi connectivity index (χ1) is 28.2. The summed E-state index contributed by atoms with van der Waals surface area (Å²) in [6.45, 7) is 11.4. The van der Waals surface area contributed by atoms with Crippen LogP contribution in [0, 0.1) is 11.8 Å². The Morgan fingerprint density at radius 1 is 0.328 bits per heavy atom. The van der Waals surface area contributed by atoms with Gasteiger partial charge in [0.1, 0.15) is 13.2 Å². The van der Waals surface area contributed by atoms with Gasteiger partial charge in [0.2, 0.25) is 0 Å². The van der Waals surface area contributed by atoms with Crippen LogP contribution in [0.4, 0.5) is 0 Å². The second kappa shape index (κ2) is 44.9. The van der Waals surface area contributed by atoms with Crippen molar-refractivity contribution in [2.45, 2.75) is 291 Å². The van der Waals surface area contributed by atoms with Crippen molar-refractivity contribution >= 4 is 17.9 Å². The van der Waals surface area contributed by atoms with Gasteiger partial charge in [0.15, 0.2) is 6.10 Å². The Morgan fingerprint density at radius 2 is 0.569 bits per heavy atom. The van der Waals surface area contributed by atoms with Crippen molar-refractivity contribution < 1.29 is 28.6 Å². The minimum atomic E-state index is -0.761. The fourth-order valence-electron chi connectivity index (χ4n) is 7.81. The molecule has 0 radical (unpaired) electrons. The van der Waals surface area contributed by atoms with Gasteiger partial charge in [0.05, 0.1) is 0 Å². The summed E-state index contributed by atoms with van der Waals surface area (Å²) >= 11 is 0. The van der Waals surface area contributed by atoms with E-state index in [4.69, 9.17) is 14.2 Å². The van der Waals surface area contributed by atoms with E-state index in [1.807, 2.05) is 0 Å². The van der Waals surface area contributed by atoms with Gasteiger partial charge < -0.3 is 14.2 Å². The average Bonchev–Trinajstić information content (AvgIpc) is 3.19. The third kappa shape index (κ3) is 45.5. The summed E-state index contributed by atoms with van der Waals surface area (Å²) in [6.07, 6.45) is 45.2. The normalized spacial score (nSPS) is 12.1. The molecule has 6 heteroatoms. The van der Waals surface area contributed by atoms with Crippen molar-refractivity contribution in [2.75, 3.05) is 13.2 Å². The van der Waals surface area contributed by atoms with E-state index in [-0.39, 0.29) is 31.1 Å². The summed E-state index contributed by atoms with van der Waals surface area (Å²) < 4.78 is 16.8. The van der Waals surface area contributed by atoms with Crippen molar-refractivity contribution in [3.63, 3.8) is 0 Å². The highest BCUT2D eigenvalue weighted by atomic mass is 16.6. The van der Waals surface area contributed by atoms with Gasteiger partial charge in [0.25, 0.3) is 0 Å². The number of carbonyl (C=O) groups is 3. The van der Waals surface area contributed by atoms with Gasteiger partial charge >= 0.3 is 17.9 Å². The summed E-state index contributed by atoms with van der Waals surface area (Å²) in [5, 5.41) is 0. The second-order valence-electron chi connectivity index (χ2n) is 18.8. The lowest BCUT2D eigenvalue weighted by molar-refractivity contribution is -0.167. The maximum atomic E-state index is 12.8. The topological polar surface area (TPSA) is 78.9 Å². The molecule has 0 aliphatic carbocycles. The minimum absolute atomic E-state index is 0.0637. The lowest BCUT2D eigenvalue weighted by Gasteiger charge is -2.18. The lowest BCUT2D eigenvalue weighted by Crippen LogP contribution is -2.30. The number of hydrogen-bond donors (Lipinski definition) is 0. The molecule has 0 fully saturated rings. The third-order valence-electron chi connectivity index (χ3n) is 11.7. The maximum absolute atomic E-state index is 12.8. The number of carbonyl (C=O) groups excluding carboxylic acids is 3. The van der Waals surface area contributed by atoms with Crippen LogP contribution >= 0.6 is 0 Å². The molecule has 0 aromatic rings. The molecule has 0 N–H and O–H groups in total. The Morgan fingerprint density at radius 3 is 0.845 bits per heavy atom. The molecule has 1 atom stereocenters. The van der Waals surface area contributed by atoms with Crippen LogP contribution < -0.4 is 0 Å². The highest BCUT2D eigenvalue weighted by Gasteiger charge is 2.19. The molecule has 0 aliphatic rings. The smallest absolute Gasteiger partial charge is 0.306 e. The summed E-state index contributed by atoms with van der Waals surface area (Å²) in [6, 6.07) is 0. The van der Waals surface area contributed by atoms with Crippen molar-refractivity contribution in [3.8, 4) is 0 Å². The summed E-state index contributed by atoms with van der Waals surface area (Å²) in [7, 11) is 0. The van der Waals surface area contributed by atoms with E-state index < -0.39 is 6.10 Å². The van der Waals surface area contributed by atoms with Crippen LogP contribution in [0.15, 0.2) is 0 Å². The van der Waals surface area contributed by atoms with Crippen LogP contribution in [-0.2, 0) is 28.6 Å². The highest BCUT2D eigenvalue weighted by molar-refractivity contribution is 5.71. The first-order valence-electron chi connectivity index (χ1n) is 25.7. The second-order valence-corrected chi connectivity index (χ2v) is 18.8. The fraction of sp³-hybridized carbons (Fsp3) is 0.942. The zero-order chi connectivity index (χ0) is 42.6. The van der Waals surface area contributed by atoms with Gasteiger partial charge in [-0.25, -0.2) is 0 Å². The highest BCUT2D eigenvalue weighted by Crippen LogP contribution is 2.17. The molecule has 0 unspecified atom stereocenters. The predicted molar refractivity (Wildman–Crippen MR) is 247 cm³/mol. The van der Waals surface area contributed by atoms with Gasteiger partial charge in [-0.3, -0.25) is 14.4 Å². The van der Waals surface area contributed by atoms with Crippen molar-refractivity contribution in [3.05, 3.63) is 0 Å². The quantitative estimate of drug-likeness (QED) is 0.0346. The Kier molecular flexibility index (Phi) is 43.7. The summed E-state index contributed by atoms with van der Waals surface area (Å²) in [4.78, 5) is 37.9. The lowest BCUT2D eigenvalue weighted by atomic mass is 10.0. The molecule has 0 bridgehead atoms. The van der Waals surface area contributed by atoms with Crippen LogP contribution in [0.2, 0.25) is 0 Å². The largest absolute Gasteiger partial charge is 0.462 e. The first kappa shape index (κ1) is 56.4. The molecule has 0 saturated carbocycles. The average molecular weight is 821 g/mol. The van der Waals surface area contributed by atoms with Gasteiger partial charge in [-0.05, 0) is 31.1 Å². The van der Waals surface area contributed by atoms with E-state index >= 15 is 0 Å². The van der Waals surface area contributed by atoms with Gasteiger partial charge in [-0.2, -0.15) is 0 Å². The van der Waals surface area contributed by atoms with Crippen molar-refractivity contribution in [1.29, 1.82) is 0 Å². The van der Waals surface area contributed by atoms with Crippen molar-refractivity contribution in [2.24, 2.45) is 11.8 Å². The number of ether oxygens (including phenoxy) is 3. The molecule has 0 spiro atoms. The Balaban J connectivity index is 4.27. The molecule has 0 aliphatic heterocycles. The van der Waals surface area contributed by atoms with Gasteiger partial charge in [0, 0.05) is 19.3 Å². The van der Waals surface area contributed by atoms with Crippen LogP contribution in [0.5, 0.6) is 0 Å². The summed E-state index contributed by atoms with van der Waals surface area (Å²) in [5.74, 6) is 0.821. The molecular weight excluding hydrogens is 721 g/mol. The third-order valence-corrected chi connectivity index (χ3v) is 11.7. The fourth-order valence-corrected chi connectivity index (χ4v) is 7.81. The molecule has 0 aromatic carbocycles. The zero-order valence-electron chi connectivity index (χ0n) is 39.7. The number of unbranched alkanes of at least 4 members (excludes halogenated alkanes) is 31. The monoisotopic (exact) mass is 821 g/mol. The Hall–Kier alpha value is -1.59. The minimum Gasteiger partial charge on any atom is -0.462 e. The van der Waals surface area contributed by atoms with E-state index in [0.717, 1.165) is 69.6 Å². The van der Waals surface area contributed by atoms with Crippen LogP contribution in [0.3, 0.4) is 0 Å². The molecule has 0 aromatic heterocycles. The number of rotatable bonds is 46. The summed E-state index contributed by atoms with van der Waals surface area (Å²) in [5.41, 5.74) is 0. The predicted octanol–water partition coefficient (Wildman–Crippen LogP) is 16.5. The van der Waals surface area contributed by atoms with E-state index in [2.05, 4.69) is 34.6 Å². The number of hydrogen-bond acceptors (Lipinski definition) is 6. The maximum Gasteiger partial charge on any atom is 0.306 e. The standard InChI is InChI=1S/C52H100O6/c1-6-7-8-9-10-20-27-32-37-42-50(53)56-45-49(58-52(55)44-39-34-29-24-19-15-14-17-22-26-31-36-41-48(4)5)46-57-51(54)43-38-33-28-23-18-13-11-12-16-21-25-30-35-40-47(2)3/h47-49H,6-46H2,1-5H3/t49-/m1/s1. The SMILES string of the molecule is CCCCCCCCCCCC(=O)OC[C@H](COC(=O)CCCCCCCCCCCCCCCC(C)C)OC(=O)CCCCCCCCCCCCCCC(C)C. The molecule has 0 amide bonds.